The summed E-state index contributed by atoms with van der Waals surface area (Å²) < 4.78 is 0. The van der Waals surface area contributed by atoms with Crippen LogP contribution in [0, 0.1) is 5.92 Å². The summed E-state index contributed by atoms with van der Waals surface area (Å²) in [6, 6.07) is 0.417. The monoisotopic (exact) mass is 270 g/mol. The number of hydrogen-bond donors (Lipinski definition) is 2. The van der Waals surface area contributed by atoms with Crippen molar-refractivity contribution in [2.24, 2.45) is 5.92 Å². The molecule has 3 nitrogen and oxygen atoms in total. The second-order valence-corrected chi connectivity index (χ2v) is 7.03. The van der Waals surface area contributed by atoms with Crippen molar-refractivity contribution in [2.45, 2.75) is 70.9 Å². The molecule has 19 heavy (non-hydrogen) atoms. The zero-order valence-corrected chi connectivity index (χ0v) is 13.4. The number of nitrogens with zero attached hydrogens (tertiary/aromatic N) is 1. The lowest BCUT2D eigenvalue weighted by molar-refractivity contribution is 0.136. The molecule has 0 heterocycles. The normalized spacial score (nSPS) is 21.0. The molecular weight excluding hydrogens is 236 g/mol. The van der Waals surface area contributed by atoms with Gasteiger partial charge in [-0.05, 0) is 45.7 Å². The zero-order chi connectivity index (χ0) is 14.3. The van der Waals surface area contributed by atoms with E-state index in [9.17, 15) is 5.11 Å². The van der Waals surface area contributed by atoms with Crippen molar-refractivity contribution in [3.63, 3.8) is 0 Å². The molecular formula is C16H34N2O. The van der Waals surface area contributed by atoms with E-state index in [1.54, 1.807) is 0 Å². The summed E-state index contributed by atoms with van der Waals surface area (Å²) in [7, 11) is 2.22. The quantitative estimate of drug-likeness (QED) is 0.712. The maximum Gasteiger partial charge on any atom is 0.0611 e. The first-order valence-electron chi connectivity index (χ1n) is 8.02. The van der Waals surface area contributed by atoms with Gasteiger partial charge in [0.15, 0.2) is 0 Å². The molecule has 0 aromatic heterocycles. The van der Waals surface area contributed by atoms with E-state index in [4.69, 9.17) is 0 Å². The Morgan fingerprint density at radius 2 is 1.89 bits per heavy atom. The van der Waals surface area contributed by atoms with Gasteiger partial charge in [-0.1, -0.05) is 33.1 Å². The van der Waals surface area contributed by atoms with Crippen LogP contribution in [0.1, 0.15) is 59.3 Å². The van der Waals surface area contributed by atoms with E-state index in [0.29, 0.717) is 6.04 Å². The standard InChI is InChI=1S/C16H34N2O/c1-14(2)17-16(3,13-19)10-11-18(4)12-15-8-6-5-7-9-15/h14-15,17,19H,5-13H2,1-4H3. The Morgan fingerprint density at radius 1 is 1.26 bits per heavy atom. The summed E-state index contributed by atoms with van der Waals surface area (Å²) in [5.74, 6) is 0.900. The number of aliphatic hydroxyl groups excluding tert-OH is 1. The molecule has 0 aromatic carbocycles. The van der Waals surface area contributed by atoms with Gasteiger partial charge in [0.2, 0.25) is 0 Å². The Morgan fingerprint density at radius 3 is 2.42 bits per heavy atom. The maximum absolute atomic E-state index is 9.59. The predicted molar refractivity (Wildman–Crippen MR) is 82.5 cm³/mol. The van der Waals surface area contributed by atoms with Crippen molar-refractivity contribution in [3.05, 3.63) is 0 Å². The minimum Gasteiger partial charge on any atom is -0.394 e. The molecule has 1 atom stereocenters. The van der Waals surface area contributed by atoms with Crippen LogP contribution in [0.15, 0.2) is 0 Å². The van der Waals surface area contributed by atoms with E-state index in [1.807, 2.05) is 0 Å². The lowest BCUT2D eigenvalue weighted by Crippen LogP contribution is -2.50. The number of nitrogens with one attached hydrogen (secondary N) is 1. The summed E-state index contributed by atoms with van der Waals surface area (Å²) in [5, 5.41) is 13.1. The summed E-state index contributed by atoms with van der Waals surface area (Å²) >= 11 is 0. The molecule has 1 rings (SSSR count). The lowest BCUT2D eigenvalue weighted by Gasteiger charge is -2.34. The molecule has 1 aliphatic carbocycles. The van der Waals surface area contributed by atoms with Gasteiger partial charge < -0.3 is 15.3 Å². The molecule has 0 aromatic rings. The van der Waals surface area contributed by atoms with Crippen LogP contribution in [0.4, 0.5) is 0 Å². The first-order valence-corrected chi connectivity index (χ1v) is 8.02. The molecule has 0 amide bonds. The van der Waals surface area contributed by atoms with Gasteiger partial charge >= 0.3 is 0 Å². The van der Waals surface area contributed by atoms with Crippen molar-refractivity contribution >= 4 is 0 Å². The van der Waals surface area contributed by atoms with Gasteiger partial charge in [0, 0.05) is 18.1 Å². The SMILES string of the molecule is CC(C)NC(C)(CO)CCN(C)CC1CCCCC1. The molecule has 1 aliphatic rings. The van der Waals surface area contributed by atoms with E-state index in [1.165, 1.54) is 38.6 Å². The van der Waals surface area contributed by atoms with E-state index < -0.39 is 0 Å². The largest absolute Gasteiger partial charge is 0.394 e. The van der Waals surface area contributed by atoms with Crippen molar-refractivity contribution in [3.8, 4) is 0 Å². The molecule has 1 unspecified atom stereocenters. The third kappa shape index (κ3) is 6.73. The summed E-state index contributed by atoms with van der Waals surface area (Å²) in [6.45, 7) is 8.90. The molecule has 1 saturated carbocycles. The maximum atomic E-state index is 9.59. The molecule has 0 radical (unpaired) electrons. The van der Waals surface area contributed by atoms with Crippen LogP contribution in [-0.2, 0) is 0 Å². The second kappa shape index (κ2) is 8.23. The number of rotatable bonds is 8. The first kappa shape index (κ1) is 16.9. The fourth-order valence-corrected chi connectivity index (χ4v) is 3.23. The highest BCUT2D eigenvalue weighted by Gasteiger charge is 2.24. The minimum absolute atomic E-state index is 0.144. The van der Waals surface area contributed by atoms with Crippen molar-refractivity contribution < 1.29 is 5.11 Å². The Labute approximate surface area is 119 Å². The average Bonchev–Trinajstić information content (AvgIpc) is 2.37. The number of aliphatic hydroxyl groups is 1. The highest BCUT2D eigenvalue weighted by atomic mass is 16.3. The third-order valence-corrected chi connectivity index (χ3v) is 4.33. The van der Waals surface area contributed by atoms with Crippen LogP contribution in [-0.4, -0.2) is 48.3 Å². The van der Waals surface area contributed by atoms with Crippen LogP contribution in [0.2, 0.25) is 0 Å². The van der Waals surface area contributed by atoms with Crippen molar-refractivity contribution in [1.82, 2.24) is 10.2 Å². The highest BCUT2D eigenvalue weighted by molar-refractivity contribution is 4.85. The smallest absolute Gasteiger partial charge is 0.0611 e. The summed E-state index contributed by atoms with van der Waals surface area (Å²) in [6.07, 6.45) is 8.09. The first-order chi connectivity index (χ1) is 8.95. The molecule has 0 spiro atoms. The Hall–Kier alpha value is -0.120. The van der Waals surface area contributed by atoms with Crippen LogP contribution in [0.5, 0.6) is 0 Å². The van der Waals surface area contributed by atoms with Crippen LogP contribution in [0.25, 0.3) is 0 Å². The van der Waals surface area contributed by atoms with Gasteiger partial charge in [-0.2, -0.15) is 0 Å². The lowest BCUT2D eigenvalue weighted by atomic mass is 9.89. The van der Waals surface area contributed by atoms with Gasteiger partial charge in [0.25, 0.3) is 0 Å². The van der Waals surface area contributed by atoms with Crippen molar-refractivity contribution in [2.75, 3.05) is 26.7 Å². The molecule has 0 saturated heterocycles. The summed E-state index contributed by atoms with van der Waals surface area (Å²) in [4.78, 5) is 2.45. The zero-order valence-electron chi connectivity index (χ0n) is 13.4. The molecule has 0 aliphatic heterocycles. The summed E-state index contributed by atoms with van der Waals surface area (Å²) in [5.41, 5.74) is -0.144. The van der Waals surface area contributed by atoms with E-state index >= 15 is 0 Å². The second-order valence-electron chi connectivity index (χ2n) is 7.03. The Kier molecular flexibility index (Phi) is 7.33. The third-order valence-electron chi connectivity index (χ3n) is 4.33. The van der Waals surface area contributed by atoms with Crippen LogP contribution < -0.4 is 5.32 Å². The van der Waals surface area contributed by atoms with Crippen LogP contribution in [0.3, 0.4) is 0 Å². The molecule has 1 fully saturated rings. The fraction of sp³-hybridized carbons (Fsp3) is 1.00. The topological polar surface area (TPSA) is 35.5 Å². The van der Waals surface area contributed by atoms with E-state index in [-0.39, 0.29) is 12.1 Å². The average molecular weight is 270 g/mol. The van der Waals surface area contributed by atoms with E-state index in [2.05, 4.69) is 38.0 Å². The van der Waals surface area contributed by atoms with Gasteiger partial charge in [-0.25, -0.2) is 0 Å². The Balaban J connectivity index is 2.28. The van der Waals surface area contributed by atoms with Gasteiger partial charge in [0.05, 0.1) is 6.61 Å². The van der Waals surface area contributed by atoms with Crippen LogP contribution >= 0.6 is 0 Å². The Bertz CT molecular complexity index is 239. The van der Waals surface area contributed by atoms with Gasteiger partial charge in [0.1, 0.15) is 0 Å². The van der Waals surface area contributed by atoms with Gasteiger partial charge in [-0.15, -0.1) is 0 Å². The molecule has 3 heteroatoms. The van der Waals surface area contributed by atoms with Crippen molar-refractivity contribution in [1.29, 1.82) is 0 Å². The number of hydrogen-bond acceptors (Lipinski definition) is 3. The molecule has 0 bridgehead atoms. The van der Waals surface area contributed by atoms with E-state index in [0.717, 1.165) is 18.9 Å². The van der Waals surface area contributed by atoms with Gasteiger partial charge in [-0.3, -0.25) is 0 Å². The fourth-order valence-electron chi connectivity index (χ4n) is 3.23. The molecule has 2 N–H and O–H groups in total. The predicted octanol–water partition coefficient (Wildman–Crippen LogP) is 2.64. The highest BCUT2D eigenvalue weighted by Crippen LogP contribution is 2.24. The minimum atomic E-state index is -0.144. The molecule has 114 valence electrons.